The molecule has 0 heterocycles. The van der Waals surface area contributed by atoms with Gasteiger partial charge in [-0.1, -0.05) is 37.3 Å². The average Bonchev–Trinajstić information content (AvgIpc) is 2.58. The summed E-state index contributed by atoms with van der Waals surface area (Å²) in [6.45, 7) is 3.26. The molecule has 0 saturated heterocycles. The van der Waals surface area contributed by atoms with Gasteiger partial charge in [0.05, 0.1) is 0 Å². The van der Waals surface area contributed by atoms with Crippen LogP contribution in [0.25, 0.3) is 11.1 Å². The van der Waals surface area contributed by atoms with Crippen LogP contribution in [0.3, 0.4) is 0 Å². The van der Waals surface area contributed by atoms with Gasteiger partial charge in [-0.3, -0.25) is 4.79 Å². The molecule has 8 heteroatoms. The van der Waals surface area contributed by atoms with Crippen molar-refractivity contribution in [2.45, 2.75) is 38.2 Å². The highest BCUT2D eigenvalue weighted by molar-refractivity contribution is 5.79. The first-order chi connectivity index (χ1) is 12.4. The van der Waals surface area contributed by atoms with Crippen LogP contribution in [0.1, 0.15) is 34.0 Å². The largest absolute Gasteiger partial charge is 0.430 e. The van der Waals surface area contributed by atoms with Crippen LogP contribution in [-0.4, -0.2) is 23.7 Å². The van der Waals surface area contributed by atoms with Gasteiger partial charge < -0.3 is 5.11 Å². The zero-order chi connectivity index (χ0) is 20.6. The summed E-state index contributed by atoms with van der Waals surface area (Å²) in [6.07, 6.45) is -11.1. The molecule has 0 bridgehead atoms. The standard InChI is InChI=1S/C19H16F6O2/c1-3-13-9-14(17(27,18(20,21)22)19(23,24)25)5-7-16(13)15-6-4-12(10-26)8-11(15)2/h4-10,27H,3H2,1-2H3. The Balaban J connectivity index is 2.68. The third-order valence-corrected chi connectivity index (χ3v) is 4.40. The number of carbonyl (C=O) groups is 1. The molecule has 0 unspecified atom stereocenters. The van der Waals surface area contributed by atoms with E-state index in [0.29, 0.717) is 34.6 Å². The lowest BCUT2D eigenvalue weighted by molar-refractivity contribution is -0.376. The van der Waals surface area contributed by atoms with E-state index in [-0.39, 0.29) is 12.0 Å². The molecule has 27 heavy (non-hydrogen) atoms. The van der Waals surface area contributed by atoms with Crippen LogP contribution in [-0.2, 0) is 12.0 Å². The van der Waals surface area contributed by atoms with Crippen molar-refractivity contribution in [3.05, 3.63) is 58.7 Å². The van der Waals surface area contributed by atoms with Crippen molar-refractivity contribution >= 4 is 6.29 Å². The van der Waals surface area contributed by atoms with Crippen molar-refractivity contribution in [2.75, 3.05) is 0 Å². The molecular weight excluding hydrogens is 374 g/mol. The third-order valence-electron chi connectivity index (χ3n) is 4.40. The van der Waals surface area contributed by atoms with Crippen molar-refractivity contribution in [2.24, 2.45) is 0 Å². The quantitative estimate of drug-likeness (QED) is 0.565. The summed E-state index contributed by atoms with van der Waals surface area (Å²) in [7, 11) is 0. The zero-order valence-corrected chi connectivity index (χ0v) is 14.4. The van der Waals surface area contributed by atoms with Crippen molar-refractivity contribution in [1.29, 1.82) is 0 Å². The first-order valence-electron chi connectivity index (χ1n) is 7.92. The van der Waals surface area contributed by atoms with Gasteiger partial charge in [0.15, 0.2) is 0 Å². The fourth-order valence-corrected chi connectivity index (χ4v) is 2.92. The van der Waals surface area contributed by atoms with Gasteiger partial charge >= 0.3 is 12.4 Å². The van der Waals surface area contributed by atoms with Crippen molar-refractivity contribution in [1.82, 2.24) is 0 Å². The summed E-state index contributed by atoms with van der Waals surface area (Å²) in [5.74, 6) is 0. The Labute approximate surface area is 151 Å². The van der Waals surface area contributed by atoms with E-state index in [9.17, 15) is 36.2 Å². The van der Waals surface area contributed by atoms with E-state index in [4.69, 9.17) is 0 Å². The van der Waals surface area contributed by atoms with Gasteiger partial charge in [0, 0.05) is 11.1 Å². The maximum atomic E-state index is 13.1. The van der Waals surface area contributed by atoms with E-state index in [0.717, 1.165) is 12.1 Å². The van der Waals surface area contributed by atoms with Gasteiger partial charge in [-0.05, 0) is 41.7 Å². The van der Waals surface area contributed by atoms with Crippen LogP contribution in [0.15, 0.2) is 36.4 Å². The van der Waals surface area contributed by atoms with Crippen LogP contribution < -0.4 is 0 Å². The molecule has 0 aliphatic rings. The van der Waals surface area contributed by atoms with Crippen LogP contribution in [0, 0.1) is 6.92 Å². The Kier molecular flexibility index (Phi) is 5.43. The van der Waals surface area contributed by atoms with E-state index in [2.05, 4.69) is 0 Å². The lowest BCUT2D eigenvalue weighted by Crippen LogP contribution is -2.53. The number of alkyl halides is 6. The second kappa shape index (κ2) is 6.99. The fraction of sp³-hybridized carbons (Fsp3) is 0.316. The Morgan fingerprint density at radius 2 is 1.48 bits per heavy atom. The topological polar surface area (TPSA) is 37.3 Å². The van der Waals surface area contributed by atoms with E-state index in [1.807, 2.05) is 0 Å². The lowest BCUT2D eigenvalue weighted by atomic mass is 9.86. The van der Waals surface area contributed by atoms with Crippen molar-refractivity contribution in [3.8, 4) is 11.1 Å². The minimum absolute atomic E-state index is 0.143. The number of halogens is 6. The molecule has 0 aromatic heterocycles. The van der Waals surface area contributed by atoms with Crippen LogP contribution in [0.5, 0.6) is 0 Å². The second-order valence-electron chi connectivity index (χ2n) is 6.12. The molecule has 1 N–H and O–H groups in total. The van der Waals surface area contributed by atoms with Crippen molar-refractivity contribution < 1.29 is 36.2 Å². The van der Waals surface area contributed by atoms with Gasteiger partial charge in [-0.2, -0.15) is 26.3 Å². The number of aliphatic hydroxyl groups is 1. The van der Waals surface area contributed by atoms with E-state index in [1.54, 1.807) is 26.0 Å². The number of rotatable bonds is 4. The summed E-state index contributed by atoms with van der Waals surface area (Å²) < 4.78 is 78.5. The number of aryl methyl sites for hydroxylation is 2. The average molecular weight is 390 g/mol. The summed E-state index contributed by atoms with van der Waals surface area (Å²) in [5.41, 5.74) is -3.99. The molecule has 0 fully saturated rings. The summed E-state index contributed by atoms with van der Waals surface area (Å²) in [4.78, 5) is 10.8. The fourth-order valence-electron chi connectivity index (χ4n) is 2.92. The van der Waals surface area contributed by atoms with E-state index >= 15 is 0 Å². The van der Waals surface area contributed by atoms with Gasteiger partial charge in [0.25, 0.3) is 5.60 Å². The number of benzene rings is 2. The molecule has 0 aliphatic heterocycles. The molecule has 2 aromatic rings. The first kappa shape index (κ1) is 21.0. The molecule has 2 nitrogen and oxygen atoms in total. The van der Waals surface area contributed by atoms with Crippen molar-refractivity contribution in [3.63, 3.8) is 0 Å². The van der Waals surface area contributed by atoms with Crippen LogP contribution >= 0.6 is 0 Å². The Morgan fingerprint density at radius 1 is 0.926 bits per heavy atom. The van der Waals surface area contributed by atoms with Gasteiger partial charge in [0.1, 0.15) is 6.29 Å². The second-order valence-corrected chi connectivity index (χ2v) is 6.12. The summed E-state index contributed by atoms with van der Waals surface area (Å²) >= 11 is 0. The first-order valence-corrected chi connectivity index (χ1v) is 7.92. The number of hydrogen-bond acceptors (Lipinski definition) is 2. The highest BCUT2D eigenvalue weighted by atomic mass is 19.4. The van der Waals surface area contributed by atoms with Crippen LogP contribution in [0.4, 0.5) is 26.3 Å². The number of carbonyl (C=O) groups excluding carboxylic acids is 1. The molecule has 0 radical (unpaired) electrons. The predicted octanol–water partition coefficient (Wildman–Crippen LogP) is 5.35. The Bertz CT molecular complexity index is 838. The van der Waals surface area contributed by atoms with E-state index < -0.39 is 23.5 Å². The molecule has 2 rings (SSSR count). The predicted molar refractivity (Wildman–Crippen MR) is 87.4 cm³/mol. The monoisotopic (exact) mass is 390 g/mol. The maximum absolute atomic E-state index is 13.1. The summed E-state index contributed by atoms with van der Waals surface area (Å²) in [5, 5.41) is 9.57. The minimum Gasteiger partial charge on any atom is -0.369 e. The summed E-state index contributed by atoms with van der Waals surface area (Å²) in [6, 6.07) is 7.13. The lowest BCUT2D eigenvalue weighted by Gasteiger charge is -2.33. The molecule has 0 spiro atoms. The molecule has 0 aliphatic carbocycles. The number of hydrogen-bond donors (Lipinski definition) is 1. The molecule has 0 atom stereocenters. The highest BCUT2D eigenvalue weighted by Crippen LogP contribution is 2.50. The number of aldehydes is 1. The highest BCUT2D eigenvalue weighted by Gasteiger charge is 2.71. The molecule has 2 aromatic carbocycles. The Morgan fingerprint density at radius 3 is 1.93 bits per heavy atom. The minimum atomic E-state index is -5.93. The third kappa shape index (κ3) is 3.58. The Hall–Kier alpha value is -2.35. The maximum Gasteiger partial charge on any atom is 0.430 e. The van der Waals surface area contributed by atoms with Gasteiger partial charge in [-0.15, -0.1) is 0 Å². The molecular formula is C19H16F6O2. The normalized spacial score (nSPS) is 12.9. The van der Waals surface area contributed by atoms with Gasteiger partial charge in [-0.25, -0.2) is 0 Å². The molecule has 146 valence electrons. The van der Waals surface area contributed by atoms with E-state index in [1.165, 1.54) is 6.07 Å². The zero-order valence-electron chi connectivity index (χ0n) is 14.4. The molecule has 0 amide bonds. The molecule has 0 saturated carbocycles. The van der Waals surface area contributed by atoms with Crippen LogP contribution in [0.2, 0.25) is 0 Å². The SMILES string of the molecule is CCc1cc(C(O)(C(F)(F)F)C(F)(F)F)ccc1-c1ccc(C=O)cc1C. The smallest absolute Gasteiger partial charge is 0.369 e. The van der Waals surface area contributed by atoms with Gasteiger partial charge in [0.2, 0.25) is 0 Å².